The summed E-state index contributed by atoms with van der Waals surface area (Å²) < 4.78 is 58.7. The molecule has 0 amide bonds. The third kappa shape index (κ3) is 6.96. The first-order chi connectivity index (χ1) is 11.7. The molecule has 0 aliphatic rings. The third-order valence-corrected chi connectivity index (χ3v) is 4.91. The number of hydrogen-bond donors (Lipinski definition) is 1. The molecule has 0 unspecified atom stereocenters. The molecule has 1 heterocycles. The second kappa shape index (κ2) is 8.40. The van der Waals surface area contributed by atoms with Gasteiger partial charge in [0.25, 0.3) is 0 Å². The van der Waals surface area contributed by atoms with E-state index in [1.165, 1.54) is 22.5 Å². The number of nitrogens with two attached hydrogens (primary N) is 1. The maximum absolute atomic E-state index is 11.3. The number of aryl methyl sites for hydroxylation is 2. The van der Waals surface area contributed by atoms with E-state index in [-0.39, 0.29) is 4.90 Å². The van der Waals surface area contributed by atoms with Gasteiger partial charge in [-0.15, -0.1) is 10.2 Å². The van der Waals surface area contributed by atoms with E-state index in [2.05, 4.69) is 38.3 Å². The summed E-state index contributed by atoms with van der Waals surface area (Å²) in [4.78, 5) is 0.143. The summed E-state index contributed by atoms with van der Waals surface area (Å²) in [5.74, 6) is 0. The molecule has 1 aromatic carbocycles. The van der Waals surface area contributed by atoms with Gasteiger partial charge in [-0.05, 0) is 31.5 Å². The van der Waals surface area contributed by atoms with Crippen LogP contribution in [0.2, 0.25) is 0 Å². The summed E-state index contributed by atoms with van der Waals surface area (Å²) in [7, 11) is -8.57. The largest absolute Gasteiger partial charge is 0.238 e. The van der Waals surface area contributed by atoms with Crippen molar-refractivity contribution >= 4 is 10.0 Å². The minimum absolute atomic E-state index is 0.143. The molecule has 0 fully saturated rings. The molecule has 26 heavy (non-hydrogen) atoms. The average Bonchev–Trinajstić information content (AvgIpc) is 2.47. The summed E-state index contributed by atoms with van der Waals surface area (Å²) in [6, 6.07) is 8.89. The van der Waals surface area contributed by atoms with Crippen molar-refractivity contribution in [3.63, 3.8) is 0 Å². The normalized spacial score (nSPS) is 11.7. The van der Waals surface area contributed by atoms with Gasteiger partial charge in [0.05, 0.1) is 4.90 Å². The maximum Gasteiger partial charge on any atom is 0.238 e. The number of sulfonamides is 1. The molecule has 2 aromatic rings. The summed E-state index contributed by atoms with van der Waals surface area (Å²) in [5.41, 5.74) is 6.02. The number of halogens is 1. The average molecular weight is 405 g/mol. The Kier molecular flexibility index (Phi) is 7.25. The lowest BCUT2D eigenvalue weighted by molar-refractivity contribution is -2.00. The van der Waals surface area contributed by atoms with Crippen molar-refractivity contribution < 1.29 is 41.9 Å². The van der Waals surface area contributed by atoms with Crippen LogP contribution in [0.5, 0.6) is 0 Å². The summed E-state index contributed by atoms with van der Waals surface area (Å²) >= 11 is 0. The Morgan fingerprint density at radius 3 is 1.88 bits per heavy atom. The van der Waals surface area contributed by atoms with Crippen LogP contribution in [0.1, 0.15) is 28.1 Å². The number of rotatable bonds is 3. The van der Waals surface area contributed by atoms with E-state index in [1.54, 1.807) is 24.3 Å². The molecule has 0 spiro atoms. The van der Waals surface area contributed by atoms with E-state index < -0.39 is 20.3 Å². The standard InChI is InChI=1S/C16H21N2O2S.ClHO4/c1-11-9-12(2)18(14(4)13(11)3)10-15-5-7-16(8-6-15)21(17,19)20;2-1(3,4)5/h5-9H,10H2,1-4H3,(H2,17,19,20);(H,2,3,4,5)/q+1;/p-1. The monoisotopic (exact) mass is 404 g/mol. The molecule has 0 aliphatic heterocycles. The van der Waals surface area contributed by atoms with Gasteiger partial charge in [-0.2, -0.15) is 4.57 Å². The van der Waals surface area contributed by atoms with Crippen molar-refractivity contribution in [2.24, 2.45) is 5.14 Å². The fourth-order valence-corrected chi connectivity index (χ4v) is 2.98. The number of hydrogen-bond acceptors (Lipinski definition) is 6. The van der Waals surface area contributed by atoms with Crippen LogP contribution in [-0.4, -0.2) is 8.42 Å². The summed E-state index contributed by atoms with van der Waals surface area (Å²) in [5, 5.41) is 5.11. The molecule has 1 aromatic heterocycles. The van der Waals surface area contributed by atoms with Crippen molar-refractivity contribution in [1.82, 2.24) is 0 Å². The molecule has 10 heteroatoms. The van der Waals surface area contributed by atoms with Crippen LogP contribution in [-0.2, 0) is 16.6 Å². The molecule has 0 atom stereocenters. The van der Waals surface area contributed by atoms with Gasteiger partial charge in [0.2, 0.25) is 10.0 Å². The Morgan fingerprint density at radius 1 is 1.00 bits per heavy atom. The zero-order valence-electron chi connectivity index (χ0n) is 14.9. The Bertz CT molecular complexity index is 871. The Hall–Kier alpha value is -1.59. The minimum atomic E-state index is -4.94. The van der Waals surface area contributed by atoms with Crippen molar-refractivity contribution in [3.8, 4) is 0 Å². The molecule has 144 valence electrons. The molecule has 0 radical (unpaired) electrons. The van der Waals surface area contributed by atoms with Gasteiger partial charge >= 0.3 is 0 Å². The first-order valence-electron chi connectivity index (χ1n) is 7.41. The molecular weight excluding hydrogens is 384 g/mol. The van der Waals surface area contributed by atoms with Crippen LogP contribution in [0, 0.1) is 37.9 Å². The molecule has 0 aliphatic carbocycles. The van der Waals surface area contributed by atoms with E-state index in [0.29, 0.717) is 6.54 Å². The quantitative estimate of drug-likeness (QED) is 0.542. The predicted molar refractivity (Wildman–Crippen MR) is 82.5 cm³/mol. The van der Waals surface area contributed by atoms with Gasteiger partial charge in [-0.25, -0.2) is 32.2 Å². The molecule has 8 nitrogen and oxygen atoms in total. The summed E-state index contributed by atoms with van der Waals surface area (Å²) in [6.07, 6.45) is 0. The highest BCUT2D eigenvalue weighted by Gasteiger charge is 2.16. The van der Waals surface area contributed by atoms with E-state index in [0.717, 1.165) is 5.56 Å². The SMILES string of the molecule is Cc1cc(C)[n+](Cc2ccc(S(N)(=O)=O)cc2)c(C)c1C.[O-][Cl+3]([O-])([O-])[O-]. The topological polar surface area (TPSA) is 156 Å². The first kappa shape index (κ1) is 22.5. The van der Waals surface area contributed by atoms with Crippen LogP contribution in [0.15, 0.2) is 35.2 Å². The smallest absolute Gasteiger partial charge is 0.225 e. The zero-order valence-corrected chi connectivity index (χ0v) is 16.4. The van der Waals surface area contributed by atoms with Gasteiger partial charge in [-0.3, -0.25) is 0 Å². The van der Waals surface area contributed by atoms with Gasteiger partial charge in [0.15, 0.2) is 17.9 Å². The third-order valence-electron chi connectivity index (χ3n) is 3.98. The number of pyridine rings is 1. The minimum Gasteiger partial charge on any atom is -0.225 e. The number of benzene rings is 1. The van der Waals surface area contributed by atoms with Gasteiger partial charge in [-0.1, -0.05) is 12.1 Å². The zero-order chi connectivity index (χ0) is 20.3. The lowest BCUT2D eigenvalue weighted by atomic mass is 10.1. The molecule has 0 saturated carbocycles. The Morgan fingerprint density at radius 2 is 1.46 bits per heavy atom. The molecular formula is C16H21ClN2O6S. The highest BCUT2D eigenvalue weighted by molar-refractivity contribution is 7.89. The van der Waals surface area contributed by atoms with Crippen molar-refractivity contribution in [2.45, 2.75) is 39.1 Å². The van der Waals surface area contributed by atoms with E-state index in [4.69, 9.17) is 23.8 Å². The lowest BCUT2D eigenvalue weighted by Gasteiger charge is -2.17. The number of primary sulfonamides is 1. The Balaban J connectivity index is 0.000000597. The second-order valence-corrected chi connectivity index (χ2v) is 8.15. The van der Waals surface area contributed by atoms with Crippen LogP contribution in [0.4, 0.5) is 0 Å². The molecule has 0 bridgehead atoms. The van der Waals surface area contributed by atoms with Crippen molar-refractivity contribution in [2.75, 3.05) is 0 Å². The van der Waals surface area contributed by atoms with Gasteiger partial charge in [0.1, 0.15) is 0 Å². The van der Waals surface area contributed by atoms with Crippen molar-refractivity contribution in [1.29, 1.82) is 0 Å². The van der Waals surface area contributed by atoms with E-state index in [9.17, 15) is 8.42 Å². The summed E-state index contributed by atoms with van der Waals surface area (Å²) in [6.45, 7) is 9.13. The Labute approximate surface area is 154 Å². The first-order valence-corrected chi connectivity index (χ1v) is 10.2. The molecule has 2 rings (SSSR count). The van der Waals surface area contributed by atoms with Crippen LogP contribution in [0.25, 0.3) is 0 Å². The van der Waals surface area contributed by atoms with Gasteiger partial charge in [0, 0.05) is 31.0 Å². The fourth-order valence-electron chi connectivity index (χ4n) is 2.46. The van der Waals surface area contributed by atoms with Crippen LogP contribution >= 0.6 is 0 Å². The fraction of sp³-hybridized carbons (Fsp3) is 0.312. The van der Waals surface area contributed by atoms with E-state index >= 15 is 0 Å². The molecule has 2 N–H and O–H groups in total. The van der Waals surface area contributed by atoms with Crippen molar-refractivity contribution in [3.05, 3.63) is 58.4 Å². The predicted octanol–water partition coefficient (Wildman–Crippen LogP) is -2.85. The second-order valence-electron chi connectivity index (χ2n) is 5.83. The van der Waals surface area contributed by atoms with E-state index in [1.807, 2.05) is 0 Å². The maximum atomic E-state index is 11.3. The van der Waals surface area contributed by atoms with Crippen LogP contribution < -0.4 is 28.3 Å². The van der Waals surface area contributed by atoms with Gasteiger partial charge < -0.3 is 0 Å². The molecule has 0 saturated heterocycles. The number of nitrogens with zero attached hydrogens (tertiary/aromatic N) is 1. The highest BCUT2D eigenvalue weighted by Crippen LogP contribution is 2.12. The van der Waals surface area contributed by atoms with Crippen LogP contribution in [0.3, 0.4) is 0 Å². The number of aromatic nitrogens is 1. The lowest BCUT2D eigenvalue weighted by Crippen LogP contribution is -2.68. The highest BCUT2D eigenvalue weighted by atomic mass is 35.7.